The van der Waals surface area contributed by atoms with Gasteiger partial charge in [-0.25, -0.2) is 0 Å². The number of halogens is 1. The molecule has 0 aromatic carbocycles. The van der Waals surface area contributed by atoms with Crippen molar-refractivity contribution < 1.29 is 0 Å². The lowest BCUT2D eigenvalue weighted by Crippen LogP contribution is -2.33. The Labute approximate surface area is 81.0 Å². The molecule has 2 N–H and O–H groups in total. The van der Waals surface area contributed by atoms with E-state index in [9.17, 15) is 0 Å². The molecular weight excluding hydrogens is 170 g/mol. The first-order chi connectivity index (χ1) is 5.17. The summed E-state index contributed by atoms with van der Waals surface area (Å²) in [6.07, 6.45) is 1.84. The van der Waals surface area contributed by atoms with Crippen LogP contribution < -0.4 is 5.73 Å². The molecule has 72 valence electrons. The van der Waals surface area contributed by atoms with Gasteiger partial charge in [-0.2, -0.15) is 0 Å². The van der Waals surface area contributed by atoms with E-state index in [-0.39, 0.29) is 10.3 Å². The third-order valence-electron chi connectivity index (χ3n) is 2.68. The maximum Gasteiger partial charge on any atom is 0.0441 e. The van der Waals surface area contributed by atoms with Gasteiger partial charge in [0.1, 0.15) is 0 Å². The monoisotopic (exact) mass is 189 g/mol. The summed E-state index contributed by atoms with van der Waals surface area (Å²) in [4.78, 5) is -0.192. The van der Waals surface area contributed by atoms with Crippen LogP contribution in [0.4, 0.5) is 0 Å². The lowest BCUT2D eigenvalue weighted by Gasteiger charge is -2.36. The van der Waals surface area contributed by atoms with E-state index in [2.05, 4.69) is 20.4 Å². The zero-order chi connectivity index (χ0) is 9.99. The molecule has 0 aliphatic rings. The number of hydrogen-bond donors (Lipinski definition) is 1. The molecule has 0 saturated heterocycles. The molecule has 0 atom stereocenters. The Hall–Kier alpha value is -0.170. The van der Waals surface area contributed by atoms with Gasteiger partial charge in [-0.3, -0.25) is 0 Å². The minimum Gasteiger partial charge on any atom is -0.403 e. The van der Waals surface area contributed by atoms with Crippen LogP contribution in [0.3, 0.4) is 0 Å². The van der Waals surface area contributed by atoms with Gasteiger partial charge in [-0.15, -0.1) is 11.6 Å². The largest absolute Gasteiger partial charge is 0.403 e. The highest BCUT2D eigenvalue weighted by Gasteiger charge is 2.34. The summed E-state index contributed by atoms with van der Waals surface area (Å²) in [7, 11) is 0. The van der Waals surface area contributed by atoms with E-state index < -0.39 is 0 Å². The van der Waals surface area contributed by atoms with Gasteiger partial charge < -0.3 is 5.73 Å². The van der Waals surface area contributed by atoms with Crippen LogP contribution in [0, 0.1) is 5.41 Å². The third-order valence-corrected chi connectivity index (χ3v) is 3.19. The molecule has 2 heteroatoms. The maximum atomic E-state index is 6.24. The second-order valence-electron chi connectivity index (χ2n) is 4.51. The number of alkyl halides is 1. The first kappa shape index (κ1) is 11.8. The maximum absolute atomic E-state index is 6.24. The molecule has 0 aromatic rings. The predicted molar refractivity (Wildman–Crippen MR) is 56.3 cm³/mol. The van der Waals surface area contributed by atoms with Gasteiger partial charge in [0.15, 0.2) is 0 Å². The summed E-state index contributed by atoms with van der Waals surface area (Å²) >= 11 is 6.24. The van der Waals surface area contributed by atoms with Crippen LogP contribution in [0.15, 0.2) is 12.3 Å². The Bertz CT molecular complexity index is 165. The summed E-state index contributed by atoms with van der Waals surface area (Å²) < 4.78 is 0. The van der Waals surface area contributed by atoms with Crippen molar-refractivity contribution in [2.75, 3.05) is 0 Å². The highest BCUT2D eigenvalue weighted by molar-refractivity contribution is 6.23. The molecule has 1 nitrogen and oxygen atoms in total. The number of nitrogens with two attached hydrogens (primary N) is 1. The van der Waals surface area contributed by atoms with E-state index in [1.807, 2.05) is 13.8 Å². The number of hydrogen-bond acceptors (Lipinski definition) is 1. The molecule has 0 bridgehead atoms. The summed E-state index contributed by atoms with van der Waals surface area (Å²) in [5, 5.41) is 0. The van der Waals surface area contributed by atoms with Crippen LogP contribution in [0.5, 0.6) is 0 Å². The van der Waals surface area contributed by atoms with Crippen LogP contribution in [-0.4, -0.2) is 4.87 Å². The summed E-state index contributed by atoms with van der Waals surface area (Å²) in [5.41, 5.74) is 6.34. The smallest absolute Gasteiger partial charge is 0.0441 e. The lowest BCUT2D eigenvalue weighted by atomic mass is 9.76. The van der Waals surface area contributed by atoms with Gasteiger partial charge in [0.05, 0.1) is 0 Å². The highest BCUT2D eigenvalue weighted by atomic mass is 35.5. The quantitative estimate of drug-likeness (QED) is 0.675. The van der Waals surface area contributed by atoms with Gasteiger partial charge in [0.2, 0.25) is 0 Å². The predicted octanol–water partition coefficient (Wildman–Crippen LogP) is 3.28. The van der Waals surface area contributed by atoms with Crippen LogP contribution in [0.2, 0.25) is 0 Å². The van der Waals surface area contributed by atoms with E-state index >= 15 is 0 Å². The lowest BCUT2D eigenvalue weighted by molar-refractivity contribution is 0.254. The average Bonchev–Trinajstić information content (AvgIpc) is 1.81. The molecule has 0 unspecified atom stereocenters. The van der Waals surface area contributed by atoms with E-state index in [4.69, 9.17) is 17.3 Å². The molecule has 0 fully saturated rings. The Balaban J connectivity index is 4.14. The Morgan fingerprint density at radius 3 is 2.00 bits per heavy atom. The van der Waals surface area contributed by atoms with Crippen molar-refractivity contribution in [3.8, 4) is 0 Å². The summed E-state index contributed by atoms with van der Waals surface area (Å²) in [6.45, 7) is 12.1. The molecule has 0 aliphatic heterocycles. The van der Waals surface area contributed by atoms with Crippen LogP contribution in [0.25, 0.3) is 0 Å². The fraction of sp³-hybridized carbons (Fsp3) is 0.800. The van der Waals surface area contributed by atoms with Crippen molar-refractivity contribution in [1.82, 2.24) is 0 Å². The van der Waals surface area contributed by atoms with Gasteiger partial charge in [-0.1, -0.05) is 20.4 Å². The third kappa shape index (κ3) is 3.48. The Morgan fingerprint density at radius 1 is 1.33 bits per heavy atom. The normalized spacial score (nSPS) is 13.1. The molecule has 0 radical (unpaired) electrons. The summed E-state index contributed by atoms with van der Waals surface area (Å²) in [5.74, 6) is 0. The molecule has 0 spiro atoms. The molecule has 0 saturated carbocycles. The van der Waals surface area contributed by atoms with Gasteiger partial charge in [-0.05, 0) is 32.1 Å². The molecule has 0 aromatic heterocycles. The first-order valence-corrected chi connectivity index (χ1v) is 4.67. The number of rotatable bonds is 4. The zero-order valence-corrected chi connectivity index (χ0v) is 9.33. The Kier molecular flexibility index (Phi) is 3.64. The van der Waals surface area contributed by atoms with E-state index in [1.165, 1.54) is 0 Å². The molecular formula is C10H20ClN. The second kappa shape index (κ2) is 3.69. The number of allylic oxidation sites excluding steroid dienone is 1. The van der Waals surface area contributed by atoms with Crippen molar-refractivity contribution in [1.29, 1.82) is 0 Å². The fourth-order valence-electron chi connectivity index (χ4n) is 0.770. The van der Waals surface area contributed by atoms with Crippen LogP contribution in [-0.2, 0) is 0 Å². The van der Waals surface area contributed by atoms with Crippen LogP contribution >= 0.6 is 11.6 Å². The SMILES string of the molecule is C=C(N)CCC(C)(C)C(C)(C)Cl. The zero-order valence-electron chi connectivity index (χ0n) is 8.58. The highest BCUT2D eigenvalue weighted by Crippen LogP contribution is 2.40. The minimum absolute atomic E-state index is 0.0941. The Morgan fingerprint density at radius 2 is 1.75 bits per heavy atom. The summed E-state index contributed by atoms with van der Waals surface area (Å²) in [6, 6.07) is 0. The topological polar surface area (TPSA) is 26.0 Å². The standard InChI is InChI=1S/C10H20ClN/c1-8(12)6-7-9(2,3)10(4,5)11/h1,6-7,12H2,2-5H3. The molecule has 12 heavy (non-hydrogen) atoms. The van der Waals surface area contributed by atoms with Gasteiger partial charge >= 0.3 is 0 Å². The molecule has 0 amide bonds. The van der Waals surface area contributed by atoms with E-state index in [1.54, 1.807) is 0 Å². The minimum atomic E-state index is -0.192. The van der Waals surface area contributed by atoms with Crippen molar-refractivity contribution in [3.05, 3.63) is 12.3 Å². The van der Waals surface area contributed by atoms with Crippen LogP contribution in [0.1, 0.15) is 40.5 Å². The van der Waals surface area contributed by atoms with Crippen molar-refractivity contribution in [3.63, 3.8) is 0 Å². The second-order valence-corrected chi connectivity index (χ2v) is 5.46. The van der Waals surface area contributed by atoms with Gasteiger partial charge in [0, 0.05) is 10.6 Å². The van der Waals surface area contributed by atoms with Crippen molar-refractivity contribution >= 4 is 11.6 Å². The van der Waals surface area contributed by atoms with E-state index in [0.717, 1.165) is 18.5 Å². The van der Waals surface area contributed by atoms with Gasteiger partial charge in [0.25, 0.3) is 0 Å². The van der Waals surface area contributed by atoms with Crippen molar-refractivity contribution in [2.45, 2.75) is 45.4 Å². The molecule has 0 aliphatic carbocycles. The first-order valence-electron chi connectivity index (χ1n) is 4.29. The van der Waals surface area contributed by atoms with Crippen molar-refractivity contribution in [2.24, 2.45) is 11.1 Å². The average molecular weight is 190 g/mol. The van der Waals surface area contributed by atoms with E-state index in [0.29, 0.717) is 0 Å². The molecule has 0 rings (SSSR count). The molecule has 0 heterocycles. The fourth-order valence-corrected chi connectivity index (χ4v) is 0.865.